The molecule has 6 heteroatoms. The maximum atomic E-state index is 13.3. The van der Waals surface area contributed by atoms with E-state index in [1.807, 2.05) is 0 Å². The van der Waals surface area contributed by atoms with Crippen LogP contribution in [0.3, 0.4) is 0 Å². The van der Waals surface area contributed by atoms with Crippen LogP contribution in [0.5, 0.6) is 0 Å². The molecule has 25 heavy (non-hydrogen) atoms. The van der Waals surface area contributed by atoms with E-state index in [2.05, 4.69) is 20.9 Å². The highest BCUT2D eigenvalue weighted by Gasteiger charge is 2.50. The predicted octanol–water partition coefficient (Wildman–Crippen LogP) is 1.95. The van der Waals surface area contributed by atoms with Crippen LogP contribution in [0.4, 0.5) is 5.82 Å². The van der Waals surface area contributed by atoms with E-state index < -0.39 is 0 Å². The largest absolute Gasteiger partial charge is 0.381 e. The minimum Gasteiger partial charge on any atom is -0.381 e. The second-order valence-corrected chi connectivity index (χ2v) is 7.38. The van der Waals surface area contributed by atoms with Crippen LogP contribution >= 0.6 is 0 Å². The molecule has 0 unspecified atom stereocenters. The summed E-state index contributed by atoms with van der Waals surface area (Å²) in [6.45, 7) is 3.90. The molecule has 1 aromatic rings. The molecule has 3 saturated heterocycles. The lowest BCUT2D eigenvalue weighted by atomic mass is 9.78. The molecule has 1 aromatic heterocycles. The monoisotopic (exact) mass is 340 g/mol. The summed E-state index contributed by atoms with van der Waals surface area (Å²) in [6, 6.07) is 6.15. The van der Waals surface area contributed by atoms with Crippen LogP contribution in [0.25, 0.3) is 0 Å². The van der Waals surface area contributed by atoms with Crippen molar-refractivity contribution < 1.29 is 9.53 Å². The summed E-state index contributed by atoms with van der Waals surface area (Å²) >= 11 is 0. The van der Waals surface area contributed by atoms with Gasteiger partial charge in [0, 0.05) is 45.1 Å². The second-order valence-electron chi connectivity index (χ2n) is 7.38. The van der Waals surface area contributed by atoms with Crippen molar-refractivity contribution in [1.82, 2.24) is 9.88 Å². The van der Waals surface area contributed by atoms with E-state index >= 15 is 0 Å². The van der Waals surface area contributed by atoms with E-state index in [9.17, 15) is 10.1 Å². The zero-order valence-electron chi connectivity index (χ0n) is 14.5. The van der Waals surface area contributed by atoms with Gasteiger partial charge in [0.25, 0.3) is 0 Å². The van der Waals surface area contributed by atoms with Crippen molar-refractivity contribution in [3.63, 3.8) is 0 Å². The van der Waals surface area contributed by atoms with Crippen molar-refractivity contribution in [1.29, 1.82) is 5.26 Å². The molecule has 4 heterocycles. The Balaban J connectivity index is 1.54. The van der Waals surface area contributed by atoms with Gasteiger partial charge in [-0.3, -0.25) is 4.79 Å². The zero-order chi connectivity index (χ0) is 17.3. The molecular formula is C19H24N4O2. The minimum atomic E-state index is -0.305. The number of amides is 1. The molecule has 4 rings (SSSR count). The molecule has 0 bridgehead atoms. The predicted molar refractivity (Wildman–Crippen MR) is 93.0 cm³/mol. The van der Waals surface area contributed by atoms with E-state index in [0.717, 1.165) is 64.2 Å². The number of carbonyl (C=O) groups is 1. The van der Waals surface area contributed by atoms with Crippen molar-refractivity contribution >= 4 is 11.7 Å². The van der Waals surface area contributed by atoms with Crippen LogP contribution in [0.15, 0.2) is 18.3 Å². The average molecular weight is 340 g/mol. The Labute approximate surface area is 148 Å². The van der Waals surface area contributed by atoms with Gasteiger partial charge < -0.3 is 14.5 Å². The molecule has 1 spiro atoms. The summed E-state index contributed by atoms with van der Waals surface area (Å²) in [5, 5.41) is 9.37. The van der Waals surface area contributed by atoms with Gasteiger partial charge in [0.2, 0.25) is 5.91 Å². The molecule has 0 radical (unpaired) electrons. The first-order valence-electron chi connectivity index (χ1n) is 9.22. The normalized spacial score (nSPS) is 27.7. The van der Waals surface area contributed by atoms with E-state index in [0.29, 0.717) is 24.1 Å². The molecule has 1 atom stereocenters. The number of anilines is 1. The number of piperidine rings is 1. The van der Waals surface area contributed by atoms with E-state index in [-0.39, 0.29) is 5.41 Å². The van der Waals surface area contributed by atoms with Gasteiger partial charge in [-0.05, 0) is 44.2 Å². The highest BCUT2D eigenvalue weighted by molar-refractivity contribution is 5.86. The fourth-order valence-electron chi connectivity index (χ4n) is 4.62. The van der Waals surface area contributed by atoms with Crippen molar-refractivity contribution in [2.75, 3.05) is 37.7 Å². The van der Waals surface area contributed by atoms with Crippen molar-refractivity contribution in [3.05, 3.63) is 23.9 Å². The zero-order valence-corrected chi connectivity index (χ0v) is 14.5. The molecule has 0 aromatic carbocycles. The number of pyridine rings is 1. The number of hydrogen-bond acceptors (Lipinski definition) is 5. The topological polar surface area (TPSA) is 69.5 Å². The van der Waals surface area contributed by atoms with Crippen LogP contribution in [0.2, 0.25) is 0 Å². The lowest BCUT2D eigenvalue weighted by Crippen LogP contribution is -2.50. The summed E-state index contributed by atoms with van der Waals surface area (Å²) in [7, 11) is 0. The Bertz CT molecular complexity index is 695. The molecule has 0 saturated carbocycles. The lowest BCUT2D eigenvalue weighted by Gasteiger charge is -2.40. The smallest absolute Gasteiger partial charge is 0.230 e. The van der Waals surface area contributed by atoms with Gasteiger partial charge in [-0.15, -0.1) is 0 Å². The summed E-state index contributed by atoms with van der Waals surface area (Å²) in [6.07, 6.45) is 6.44. The van der Waals surface area contributed by atoms with Gasteiger partial charge in [-0.2, -0.15) is 5.26 Å². The molecular weight excluding hydrogens is 316 g/mol. The fraction of sp³-hybridized carbons (Fsp3) is 0.632. The maximum absolute atomic E-state index is 13.3. The number of rotatable bonds is 2. The summed E-state index contributed by atoms with van der Waals surface area (Å²) in [5.74, 6) is 1.03. The fourth-order valence-corrected chi connectivity index (χ4v) is 4.62. The van der Waals surface area contributed by atoms with Crippen LogP contribution < -0.4 is 4.90 Å². The van der Waals surface area contributed by atoms with Gasteiger partial charge in [0.1, 0.15) is 11.9 Å². The second kappa shape index (κ2) is 6.64. The van der Waals surface area contributed by atoms with Crippen LogP contribution in [-0.4, -0.2) is 54.7 Å². The quantitative estimate of drug-likeness (QED) is 0.823. The Morgan fingerprint density at radius 3 is 2.92 bits per heavy atom. The Kier molecular flexibility index (Phi) is 4.34. The molecule has 3 fully saturated rings. The van der Waals surface area contributed by atoms with Gasteiger partial charge in [-0.1, -0.05) is 0 Å². The minimum absolute atomic E-state index is 0.304. The first kappa shape index (κ1) is 16.3. The average Bonchev–Trinajstić information content (AvgIpc) is 2.98. The number of nitrogens with zero attached hydrogens (tertiary/aromatic N) is 4. The standard InChI is InChI=1S/C19H24N4O2/c20-13-15-3-1-8-21-17(15)22-9-2-6-19(14-22)7-10-23(18(19)24)16-4-11-25-12-5-16/h1,3,8,16H,2,4-7,9-12,14H2/t19-/m0/s1. The molecule has 1 amide bonds. The number of hydrogen-bond donors (Lipinski definition) is 0. The van der Waals surface area contributed by atoms with Crippen LogP contribution in [-0.2, 0) is 9.53 Å². The third-order valence-electron chi connectivity index (χ3n) is 5.96. The number of aromatic nitrogens is 1. The SMILES string of the molecule is N#Cc1cccnc1N1CCC[C@]2(CCN(C3CCOCC3)C2=O)C1. The Morgan fingerprint density at radius 1 is 1.28 bits per heavy atom. The lowest BCUT2D eigenvalue weighted by molar-refractivity contribution is -0.139. The first-order chi connectivity index (χ1) is 12.2. The van der Waals surface area contributed by atoms with Gasteiger partial charge >= 0.3 is 0 Å². The highest BCUT2D eigenvalue weighted by atomic mass is 16.5. The van der Waals surface area contributed by atoms with Crippen LogP contribution in [0.1, 0.15) is 37.7 Å². The Hall–Kier alpha value is -2.13. The van der Waals surface area contributed by atoms with Gasteiger partial charge in [0.05, 0.1) is 11.0 Å². The van der Waals surface area contributed by atoms with E-state index in [1.54, 1.807) is 18.3 Å². The molecule has 6 nitrogen and oxygen atoms in total. The van der Waals surface area contributed by atoms with Crippen molar-refractivity contribution in [2.45, 2.75) is 38.1 Å². The Morgan fingerprint density at radius 2 is 2.12 bits per heavy atom. The van der Waals surface area contributed by atoms with Gasteiger partial charge in [-0.25, -0.2) is 4.98 Å². The van der Waals surface area contributed by atoms with E-state index in [4.69, 9.17) is 4.74 Å². The van der Waals surface area contributed by atoms with E-state index in [1.165, 1.54) is 0 Å². The maximum Gasteiger partial charge on any atom is 0.230 e. The highest BCUT2D eigenvalue weighted by Crippen LogP contribution is 2.42. The third-order valence-corrected chi connectivity index (χ3v) is 5.96. The van der Waals surface area contributed by atoms with Crippen molar-refractivity contribution in [3.8, 4) is 6.07 Å². The molecule has 0 aliphatic carbocycles. The summed E-state index contributed by atoms with van der Waals surface area (Å²) in [4.78, 5) is 22.0. The third kappa shape index (κ3) is 2.87. The first-order valence-corrected chi connectivity index (χ1v) is 9.22. The summed E-state index contributed by atoms with van der Waals surface area (Å²) in [5.41, 5.74) is 0.284. The van der Waals surface area contributed by atoms with Crippen LogP contribution in [0, 0.1) is 16.7 Å². The number of likely N-dealkylation sites (tertiary alicyclic amines) is 1. The number of nitriles is 1. The number of ether oxygens (including phenoxy) is 1. The van der Waals surface area contributed by atoms with Gasteiger partial charge in [0.15, 0.2) is 0 Å². The molecule has 3 aliphatic rings. The number of carbonyl (C=O) groups excluding carboxylic acids is 1. The molecule has 132 valence electrons. The summed E-state index contributed by atoms with van der Waals surface area (Å²) < 4.78 is 5.45. The van der Waals surface area contributed by atoms with Crippen molar-refractivity contribution in [2.24, 2.45) is 5.41 Å². The molecule has 3 aliphatic heterocycles. The molecule has 0 N–H and O–H groups in total.